The summed E-state index contributed by atoms with van der Waals surface area (Å²) >= 11 is 0. The number of benzene rings is 1. The smallest absolute Gasteiger partial charge is 0.161 e. The van der Waals surface area contributed by atoms with E-state index in [-0.39, 0.29) is 0 Å². The second-order valence-electron chi connectivity index (χ2n) is 4.34. The molecule has 3 nitrogen and oxygen atoms in total. The molecule has 0 spiro atoms. The highest BCUT2D eigenvalue weighted by Crippen LogP contribution is 2.27. The van der Waals surface area contributed by atoms with Crippen LogP contribution in [0.3, 0.4) is 0 Å². The predicted octanol–water partition coefficient (Wildman–Crippen LogP) is 3.06. The molecule has 0 aliphatic heterocycles. The summed E-state index contributed by atoms with van der Waals surface area (Å²) in [6.45, 7) is 12.6. The molecule has 3 heteroatoms. The molecule has 0 atom stereocenters. The van der Waals surface area contributed by atoms with E-state index in [1.54, 1.807) is 7.11 Å². The lowest BCUT2D eigenvalue weighted by Crippen LogP contribution is -2.28. The molecule has 0 bridgehead atoms. The van der Waals surface area contributed by atoms with Gasteiger partial charge in [-0.2, -0.15) is 0 Å². The summed E-state index contributed by atoms with van der Waals surface area (Å²) in [4.78, 5) is 2.21. The lowest BCUT2D eigenvalue weighted by Gasteiger charge is -2.19. The summed E-state index contributed by atoms with van der Waals surface area (Å²) in [6, 6.07) is 5.93. The Balaban J connectivity index is 2.51. The largest absolute Gasteiger partial charge is 0.493 e. The predicted molar refractivity (Wildman–Crippen MR) is 80.1 cm³/mol. The van der Waals surface area contributed by atoms with E-state index >= 15 is 0 Å². The summed E-state index contributed by atoms with van der Waals surface area (Å²) in [5.74, 6) is 1.56. The first-order valence-electron chi connectivity index (χ1n) is 6.42. The van der Waals surface area contributed by atoms with Crippen LogP contribution in [-0.2, 0) is 0 Å². The van der Waals surface area contributed by atoms with Crippen LogP contribution >= 0.6 is 0 Å². The van der Waals surface area contributed by atoms with Gasteiger partial charge in [0, 0.05) is 19.6 Å². The molecule has 0 fully saturated rings. The van der Waals surface area contributed by atoms with Crippen LogP contribution in [0.5, 0.6) is 11.5 Å². The van der Waals surface area contributed by atoms with Gasteiger partial charge in [0.1, 0.15) is 6.61 Å². The molecule has 0 aromatic heterocycles. The first-order chi connectivity index (χ1) is 9.21. The Hall–Kier alpha value is -1.74. The molecule has 0 aliphatic rings. The topological polar surface area (TPSA) is 21.7 Å². The summed E-state index contributed by atoms with van der Waals surface area (Å²) < 4.78 is 11.1. The normalized spacial score (nSPS) is 10.3. The summed E-state index contributed by atoms with van der Waals surface area (Å²) in [5.41, 5.74) is 1.16. The molecule has 0 aliphatic carbocycles. The van der Waals surface area contributed by atoms with E-state index in [9.17, 15) is 0 Å². The Labute approximate surface area is 116 Å². The third kappa shape index (κ3) is 5.18. The van der Waals surface area contributed by atoms with Crippen LogP contribution < -0.4 is 9.47 Å². The van der Waals surface area contributed by atoms with Crippen LogP contribution in [0.1, 0.15) is 5.56 Å². The van der Waals surface area contributed by atoms with Crippen molar-refractivity contribution in [1.29, 1.82) is 0 Å². The van der Waals surface area contributed by atoms with Gasteiger partial charge in [0.05, 0.1) is 7.11 Å². The lowest BCUT2D eigenvalue weighted by atomic mass is 10.2. The molecule has 0 saturated carbocycles. The first kappa shape index (κ1) is 15.3. The quantitative estimate of drug-likeness (QED) is 0.638. The van der Waals surface area contributed by atoms with E-state index in [1.807, 2.05) is 37.3 Å². The molecule has 0 heterocycles. The SMILES string of the molecule is C=CCN(CC=C)CCOc1ccc(C)cc1OC. The fourth-order valence-electron chi connectivity index (χ4n) is 1.80. The van der Waals surface area contributed by atoms with Crippen LogP contribution in [-0.4, -0.2) is 38.3 Å². The maximum absolute atomic E-state index is 5.77. The van der Waals surface area contributed by atoms with Crippen LogP contribution in [0.15, 0.2) is 43.5 Å². The van der Waals surface area contributed by atoms with Crippen molar-refractivity contribution in [2.24, 2.45) is 0 Å². The van der Waals surface area contributed by atoms with Crippen molar-refractivity contribution in [3.63, 3.8) is 0 Å². The number of aryl methyl sites for hydroxylation is 1. The highest BCUT2D eigenvalue weighted by Gasteiger charge is 2.05. The third-order valence-corrected chi connectivity index (χ3v) is 2.76. The zero-order chi connectivity index (χ0) is 14.1. The number of hydrogen-bond donors (Lipinski definition) is 0. The average Bonchev–Trinajstić information content (AvgIpc) is 2.40. The summed E-state index contributed by atoms with van der Waals surface area (Å²) in [6.07, 6.45) is 3.77. The van der Waals surface area contributed by atoms with Crippen molar-refractivity contribution in [1.82, 2.24) is 4.90 Å². The highest BCUT2D eigenvalue weighted by molar-refractivity contribution is 5.42. The maximum atomic E-state index is 5.77. The van der Waals surface area contributed by atoms with Gasteiger partial charge in [-0.15, -0.1) is 13.2 Å². The van der Waals surface area contributed by atoms with Gasteiger partial charge in [-0.05, 0) is 24.6 Å². The van der Waals surface area contributed by atoms with Crippen molar-refractivity contribution in [3.05, 3.63) is 49.1 Å². The summed E-state index contributed by atoms with van der Waals surface area (Å²) in [7, 11) is 1.66. The Morgan fingerprint density at radius 1 is 1.16 bits per heavy atom. The molecule has 0 saturated heterocycles. The van der Waals surface area contributed by atoms with E-state index in [0.29, 0.717) is 6.61 Å². The second kappa shape index (κ2) is 8.38. The molecule has 1 rings (SSSR count). The van der Waals surface area contributed by atoms with Gasteiger partial charge in [0.25, 0.3) is 0 Å². The zero-order valence-corrected chi connectivity index (χ0v) is 11.9. The van der Waals surface area contributed by atoms with Gasteiger partial charge in [-0.3, -0.25) is 4.90 Å². The van der Waals surface area contributed by atoms with E-state index < -0.39 is 0 Å². The van der Waals surface area contributed by atoms with Gasteiger partial charge < -0.3 is 9.47 Å². The number of nitrogens with zero attached hydrogens (tertiary/aromatic N) is 1. The average molecular weight is 261 g/mol. The third-order valence-electron chi connectivity index (χ3n) is 2.76. The van der Waals surface area contributed by atoms with Crippen molar-refractivity contribution < 1.29 is 9.47 Å². The second-order valence-corrected chi connectivity index (χ2v) is 4.34. The molecule has 0 radical (unpaired) electrons. The fourth-order valence-corrected chi connectivity index (χ4v) is 1.80. The van der Waals surface area contributed by atoms with Gasteiger partial charge in [-0.1, -0.05) is 18.2 Å². The molecule has 1 aromatic rings. The molecule has 0 unspecified atom stereocenters. The van der Waals surface area contributed by atoms with Gasteiger partial charge in [0.2, 0.25) is 0 Å². The van der Waals surface area contributed by atoms with Crippen LogP contribution in [0.2, 0.25) is 0 Å². The number of rotatable bonds is 9. The molecular weight excluding hydrogens is 238 g/mol. The zero-order valence-electron chi connectivity index (χ0n) is 11.9. The van der Waals surface area contributed by atoms with E-state index in [1.165, 1.54) is 0 Å². The van der Waals surface area contributed by atoms with Crippen molar-refractivity contribution >= 4 is 0 Å². The monoisotopic (exact) mass is 261 g/mol. The fraction of sp³-hybridized carbons (Fsp3) is 0.375. The van der Waals surface area contributed by atoms with Crippen molar-refractivity contribution in [2.45, 2.75) is 6.92 Å². The maximum Gasteiger partial charge on any atom is 0.161 e. The highest BCUT2D eigenvalue weighted by atomic mass is 16.5. The van der Waals surface area contributed by atoms with Crippen molar-refractivity contribution in [2.75, 3.05) is 33.4 Å². The van der Waals surface area contributed by atoms with Crippen molar-refractivity contribution in [3.8, 4) is 11.5 Å². The lowest BCUT2D eigenvalue weighted by molar-refractivity contribution is 0.229. The molecule has 0 amide bonds. The Kier molecular flexibility index (Phi) is 6.75. The van der Waals surface area contributed by atoms with E-state index in [2.05, 4.69) is 18.1 Å². The van der Waals surface area contributed by atoms with Crippen LogP contribution in [0.25, 0.3) is 0 Å². The molecule has 104 valence electrons. The minimum absolute atomic E-state index is 0.612. The van der Waals surface area contributed by atoms with Gasteiger partial charge in [0.15, 0.2) is 11.5 Å². The Bertz CT molecular complexity index is 405. The van der Waals surface area contributed by atoms with E-state index in [0.717, 1.165) is 36.7 Å². The number of hydrogen-bond acceptors (Lipinski definition) is 3. The first-order valence-corrected chi connectivity index (χ1v) is 6.42. The molecular formula is C16H23NO2. The van der Waals surface area contributed by atoms with Crippen LogP contribution in [0.4, 0.5) is 0 Å². The number of ether oxygens (including phenoxy) is 2. The standard InChI is InChI=1S/C16H23NO2/c1-5-9-17(10-6-2)11-12-19-15-8-7-14(3)13-16(15)18-4/h5-8,13H,1-2,9-12H2,3-4H3. The molecule has 19 heavy (non-hydrogen) atoms. The van der Waals surface area contributed by atoms with E-state index in [4.69, 9.17) is 9.47 Å². The Morgan fingerprint density at radius 3 is 2.42 bits per heavy atom. The van der Waals surface area contributed by atoms with Gasteiger partial charge >= 0.3 is 0 Å². The molecule has 1 aromatic carbocycles. The Morgan fingerprint density at radius 2 is 1.84 bits per heavy atom. The minimum atomic E-state index is 0.612. The van der Waals surface area contributed by atoms with Crippen LogP contribution in [0, 0.1) is 6.92 Å². The minimum Gasteiger partial charge on any atom is -0.493 e. The summed E-state index contributed by atoms with van der Waals surface area (Å²) in [5, 5.41) is 0. The molecule has 0 N–H and O–H groups in total. The van der Waals surface area contributed by atoms with Gasteiger partial charge in [-0.25, -0.2) is 0 Å². The number of methoxy groups -OCH3 is 1.